The van der Waals surface area contributed by atoms with E-state index in [2.05, 4.69) is 10.4 Å². The average molecular weight is 380 g/mol. The molecule has 2 aliphatic heterocycles. The van der Waals surface area contributed by atoms with Gasteiger partial charge in [-0.3, -0.25) is 4.79 Å². The Labute approximate surface area is 161 Å². The molecule has 3 N–H and O–H groups in total. The van der Waals surface area contributed by atoms with Gasteiger partial charge in [0.25, 0.3) is 5.91 Å². The number of amides is 3. The van der Waals surface area contributed by atoms with Crippen LogP contribution >= 0.6 is 0 Å². The van der Waals surface area contributed by atoms with Gasteiger partial charge in [-0.25, -0.2) is 4.79 Å². The average Bonchev–Trinajstić information content (AvgIpc) is 3.09. The van der Waals surface area contributed by atoms with Crippen molar-refractivity contribution in [1.29, 1.82) is 0 Å². The van der Waals surface area contributed by atoms with Gasteiger partial charge in [0, 0.05) is 23.4 Å². The summed E-state index contributed by atoms with van der Waals surface area (Å²) < 4.78 is 10.9. The number of rotatable bonds is 3. The van der Waals surface area contributed by atoms with Gasteiger partial charge >= 0.3 is 6.03 Å². The standard InChI is InChI=1S/C20H20N4O4/c1-2-7-22-20(26)24-18(25)9-13-8-16-17(28-11-27-16)10-15(13)19(23-24)12-3-5-14(21)6-4-12/h3-6,8,10H,2,7,9,11,21H2,1H3,(H,22,26). The molecule has 0 unspecified atom stereocenters. The normalized spacial score (nSPS) is 15.0. The fourth-order valence-electron chi connectivity index (χ4n) is 3.12. The quantitative estimate of drug-likeness (QED) is 0.795. The molecular formula is C20H20N4O4. The first kappa shape index (κ1) is 17.8. The molecule has 2 heterocycles. The molecule has 0 saturated heterocycles. The summed E-state index contributed by atoms with van der Waals surface area (Å²) in [6.07, 6.45) is 0.775. The number of nitrogens with zero attached hydrogens (tertiary/aromatic N) is 2. The third-order valence-corrected chi connectivity index (χ3v) is 4.53. The second-order valence-corrected chi connectivity index (χ2v) is 6.55. The summed E-state index contributed by atoms with van der Waals surface area (Å²) in [5.41, 5.74) is 9.07. The van der Waals surface area contributed by atoms with E-state index in [0.29, 0.717) is 35.0 Å². The summed E-state index contributed by atoms with van der Waals surface area (Å²) in [5.74, 6) is 0.740. The van der Waals surface area contributed by atoms with Gasteiger partial charge in [-0.05, 0) is 36.2 Å². The molecule has 144 valence electrons. The van der Waals surface area contributed by atoms with Gasteiger partial charge < -0.3 is 20.5 Å². The Balaban J connectivity index is 1.84. The zero-order valence-corrected chi connectivity index (χ0v) is 15.4. The molecule has 2 aromatic carbocycles. The van der Waals surface area contributed by atoms with Gasteiger partial charge in [-0.2, -0.15) is 5.10 Å². The predicted molar refractivity (Wildman–Crippen MR) is 103 cm³/mol. The summed E-state index contributed by atoms with van der Waals surface area (Å²) in [4.78, 5) is 25.3. The molecule has 0 aromatic heterocycles. The highest BCUT2D eigenvalue weighted by molar-refractivity contribution is 6.16. The molecular weight excluding hydrogens is 360 g/mol. The molecule has 0 spiro atoms. The highest BCUT2D eigenvalue weighted by atomic mass is 16.7. The van der Waals surface area contributed by atoms with Crippen LogP contribution in [0.25, 0.3) is 0 Å². The molecule has 28 heavy (non-hydrogen) atoms. The second-order valence-electron chi connectivity index (χ2n) is 6.55. The molecule has 0 aliphatic carbocycles. The van der Waals surface area contributed by atoms with Gasteiger partial charge in [0.15, 0.2) is 11.5 Å². The largest absolute Gasteiger partial charge is 0.454 e. The van der Waals surface area contributed by atoms with Crippen LogP contribution < -0.4 is 20.5 Å². The number of fused-ring (bicyclic) bond motifs is 2. The van der Waals surface area contributed by atoms with E-state index in [0.717, 1.165) is 22.6 Å². The lowest BCUT2D eigenvalue weighted by Gasteiger charge is -2.15. The van der Waals surface area contributed by atoms with Crippen LogP contribution in [0.4, 0.5) is 10.5 Å². The van der Waals surface area contributed by atoms with Gasteiger partial charge in [-0.1, -0.05) is 19.1 Å². The number of nitrogens with one attached hydrogen (secondary N) is 1. The minimum Gasteiger partial charge on any atom is -0.454 e. The van der Waals surface area contributed by atoms with Crippen LogP contribution in [0.5, 0.6) is 11.5 Å². The Morgan fingerprint density at radius 1 is 1.21 bits per heavy atom. The first-order chi connectivity index (χ1) is 13.6. The highest BCUT2D eigenvalue weighted by Gasteiger charge is 2.30. The molecule has 8 heteroatoms. The van der Waals surface area contributed by atoms with E-state index in [9.17, 15) is 9.59 Å². The molecule has 4 rings (SSSR count). The van der Waals surface area contributed by atoms with Crippen molar-refractivity contribution in [3.8, 4) is 11.5 Å². The number of urea groups is 1. The van der Waals surface area contributed by atoms with Crippen LogP contribution in [0.3, 0.4) is 0 Å². The van der Waals surface area contributed by atoms with Gasteiger partial charge in [0.1, 0.15) is 0 Å². The van der Waals surface area contributed by atoms with E-state index >= 15 is 0 Å². The minimum atomic E-state index is -0.548. The Morgan fingerprint density at radius 2 is 1.93 bits per heavy atom. The summed E-state index contributed by atoms with van der Waals surface area (Å²) in [7, 11) is 0. The minimum absolute atomic E-state index is 0.0213. The molecule has 8 nitrogen and oxygen atoms in total. The lowest BCUT2D eigenvalue weighted by molar-refractivity contribution is -0.127. The number of benzene rings is 2. The maximum Gasteiger partial charge on any atom is 0.345 e. The smallest absolute Gasteiger partial charge is 0.345 e. The van der Waals surface area contributed by atoms with E-state index in [-0.39, 0.29) is 13.2 Å². The van der Waals surface area contributed by atoms with Crippen LogP contribution in [0, 0.1) is 0 Å². The number of nitrogen functional groups attached to an aromatic ring is 1. The number of nitrogens with two attached hydrogens (primary N) is 1. The molecule has 2 aliphatic rings. The van der Waals surface area contributed by atoms with Crippen molar-refractivity contribution in [3.05, 3.63) is 53.1 Å². The molecule has 3 amide bonds. The molecule has 0 bridgehead atoms. The first-order valence-corrected chi connectivity index (χ1v) is 9.05. The predicted octanol–water partition coefficient (Wildman–Crippen LogP) is 2.25. The van der Waals surface area contributed by atoms with Gasteiger partial charge in [0.05, 0.1) is 12.1 Å². The lowest BCUT2D eigenvalue weighted by Crippen LogP contribution is -2.41. The van der Waals surface area contributed by atoms with Crippen molar-refractivity contribution in [2.24, 2.45) is 5.10 Å². The highest BCUT2D eigenvalue weighted by Crippen LogP contribution is 2.37. The third-order valence-electron chi connectivity index (χ3n) is 4.53. The maximum atomic E-state index is 12.8. The fraction of sp³-hybridized carbons (Fsp3) is 0.250. The topological polar surface area (TPSA) is 106 Å². The summed E-state index contributed by atoms with van der Waals surface area (Å²) in [6.45, 7) is 2.52. The van der Waals surface area contributed by atoms with Crippen LogP contribution in [-0.4, -0.2) is 36.0 Å². The van der Waals surface area contributed by atoms with E-state index < -0.39 is 11.9 Å². The number of hydrogen-bond donors (Lipinski definition) is 2. The van der Waals surface area contributed by atoms with Crippen molar-refractivity contribution in [2.75, 3.05) is 19.1 Å². The third kappa shape index (κ3) is 3.24. The van der Waals surface area contributed by atoms with Gasteiger partial charge in [-0.15, -0.1) is 5.01 Å². The molecule has 0 saturated carbocycles. The summed E-state index contributed by atoms with van der Waals surface area (Å²) in [6, 6.07) is 10.1. The zero-order chi connectivity index (χ0) is 19.7. The van der Waals surface area contributed by atoms with Crippen molar-refractivity contribution in [1.82, 2.24) is 10.3 Å². The number of ether oxygens (including phenoxy) is 2. The van der Waals surface area contributed by atoms with Crippen LogP contribution in [0.2, 0.25) is 0 Å². The number of hydrazone groups is 1. The summed E-state index contributed by atoms with van der Waals surface area (Å²) in [5, 5.41) is 8.03. The monoisotopic (exact) mass is 380 g/mol. The lowest BCUT2D eigenvalue weighted by atomic mass is 9.95. The Bertz CT molecular complexity index is 969. The fourth-order valence-corrected chi connectivity index (χ4v) is 3.12. The number of anilines is 1. The second kappa shape index (κ2) is 7.22. The Kier molecular flexibility index (Phi) is 4.60. The van der Waals surface area contributed by atoms with Crippen molar-refractivity contribution < 1.29 is 19.1 Å². The van der Waals surface area contributed by atoms with Crippen molar-refractivity contribution in [2.45, 2.75) is 19.8 Å². The zero-order valence-electron chi connectivity index (χ0n) is 15.4. The molecule has 2 aromatic rings. The van der Waals surface area contributed by atoms with Crippen LogP contribution in [0.15, 0.2) is 41.5 Å². The number of carbonyl (C=O) groups is 2. The summed E-state index contributed by atoms with van der Waals surface area (Å²) >= 11 is 0. The Morgan fingerprint density at radius 3 is 2.64 bits per heavy atom. The number of hydrogen-bond acceptors (Lipinski definition) is 6. The van der Waals surface area contributed by atoms with Crippen molar-refractivity contribution in [3.63, 3.8) is 0 Å². The number of carbonyl (C=O) groups excluding carboxylic acids is 2. The first-order valence-electron chi connectivity index (χ1n) is 9.05. The van der Waals surface area contributed by atoms with Crippen molar-refractivity contribution >= 4 is 23.3 Å². The van der Waals surface area contributed by atoms with E-state index in [1.54, 1.807) is 36.4 Å². The van der Waals surface area contributed by atoms with Crippen LogP contribution in [0.1, 0.15) is 30.0 Å². The van der Waals surface area contributed by atoms with Crippen LogP contribution in [-0.2, 0) is 11.2 Å². The van der Waals surface area contributed by atoms with E-state index in [1.807, 2.05) is 6.92 Å². The molecule has 0 fully saturated rings. The maximum absolute atomic E-state index is 12.8. The number of imide groups is 1. The Hall–Kier alpha value is -3.55. The van der Waals surface area contributed by atoms with Gasteiger partial charge in [0.2, 0.25) is 6.79 Å². The SMILES string of the molecule is CCCNC(=O)N1N=C(c2ccc(N)cc2)c2cc3c(cc2CC1=O)OCO3. The van der Waals surface area contributed by atoms with E-state index in [4.69, 9.17) is 15.2 Å². The van der Waals surface area contributed by atoms with E-state index in [1.165, 1.54) is 0 Å². The molecule has 0 atom stereocenters. The molecule has 0 radical (unpaired) electrons.